The van der Waals surface area contributed by atoms with E-state index in [4.69, 9.17) is 0 Å². The molecule has 0 saturated heterocycles. The lowest BCUT2D eigenvalue weighted by atomic mass is 10.4. The Balaban J connectivity index is 2.31. The van der Waals surface area contributed by atoms with Gasteiger partial charge in [0.05, 0.1) is 5.75 Å². The van der Waals surface area contributed by atoms with Crippen LogP contribution in [0.25, 0.3) is 0 Å². The first-order valence-electron chi connectivity index (χ1n) is 4.28. The van der Waals surface area contributed by atoms with E-state index in [1.807, 2.05) is 0 Å². The van der Waals surface area contributed by atoms with Crippen molar-refractivity contribution in [1.29, 1.82) is 0 Å². The molecule has 0 bridgehead atoms. The van der Waals surface area contributed by atoms with E-state index < -0.39 is 10.0 Å². The number of hydrogen-bond donors (Lipinski definition) is 0. The number of aromatic nitrogens is 3. The van der Waals surface area contributed by atoms with Gasteiger partial charge in [-0.1, -0.05) is 0 Å². The molecule has 0 amide bonds. The zero-order valence-corrected chi connectivity index (χ0v) is 8.16. The van der Waals surface area contributed by atoms with Crippen LogP contribution in [-0.4, -0.2) is 28.3 Å². The van der Waals surface area contributed by atoms with Crippen LogP contribution in [0.2, 0.25) is 0 Å². The lowest BCUT2D eigenvalue weighted by molar-refractivity contribution is 0.580. The van der Waals surface area contributed by atoms with Crippen molar-refractivity contribution in [3.63, 3.8) is 0 Å². The van der Waals surface area contributed by atoms with E-state index in [1.54, 1.807) is 6.92 Å². The monoisotopic (exact) mass is 201 g/mol. The predicted octanol–water partition coefficient (Wildman–Crippen LogP) is 0.353. The normalized spacial score (nSPS) is 17.6. The van der Waals surface area contributed by atoms with Crippen LogP contribution in [0.15, 0.2) is 6.33 Å². The van der Waals surface area contributed by atoms with Gasteiger partial charge in [-0.05, 0) is 19.8 Å². The van der Waals surface area contributed by atoms with Crippen LogP contribution in [0.5, 0.6) is 0 Å². The third-order valence-electron chi connectivity index (χ3n) is 2.08. The highest BCUT2D eigenvalue weighted by Gasteiger charge is 2.28. The first-order chi connectivity index (χ1) is 6.13. The third kappa shape index (κ3) is 1.58. The largest absolute Gasteiger partial charge is 0.254 e. The molecular weight excluding hydrogens is 190 g/mol. The van der Waals surface area contributed by atoms with Crippen LogP contribution in [0.3, 0.4) is 0 Å². The minimum Gasteiger partial charge on any atom is -0.218 e. The lowest BCUT2D eigenvalue weighted by Gasteiger charge is -1.97. The van der Waals surface area contributed by atoms with Crippen molar-refractivity contribution in [2.45, 2.75) is 25.7 Å². The summed E-state index contributed by atoms with van der Waals surface area (Å²) in [5.74, 6) is 1.12. The van der Waals surface area contributed by atoms with Gasteiger partial charge in [0, 0.05) is 5.92 Å². The molecule has 1 aliphatic carbocycles. The summed E-state index contributed by atoms with van der Waals surface area (Å²) in [6.45, 7) is 1.59. The molecule has 1 saturated carbocycles. The lowest BCUT2D eigenvalue weighted by Crippen LogP contribution is -2.15. The molecule has 0 aliphatic heterocycles. The third-order valence-corrected chi connectivity index (χ3v) is 3.56. The molecule has 2 rings (SSSR count). The van der Waals surface area contributed by atoms with E-state index in [0.717, 1.165) is 16.9 Å². The summed E-state index contributed by atoms with van der Waals surface area (Å²) in [7, 11) is -3.24. The Morgan fingerprint density at radius 1 is 1.62 bits per heavy atom. The van der Waals surface area contributed by atoms with E-state index in [2.05, 4.69) is 10.1 Å². The number of rotatable bonds is 3. The van der Waals surface area contributed by atoms with Crippen LogP contribution in [0.4, 0.5) is 0 Å². The second-order valence-electron chi connectivity index (χ2n) is 3.15. The van der Waals surface area contributed by atoms with E-state index in [-0.39, 0.29) is 5.75 Å². The molecule has 1 aliphatic rings. The van der Waals surface area contributed by atoms with Gasteiger partial charge in [-0.25, -0.2) is 13.4 Å². The minimum absolute atomic E-state index is 0.0560. The highest BCUT2D eigenvalue weighted by Crippen LogP contribution is 2.37. The Kier molecular flexibility index (Phi) is 1.87. The summed E-state index contributed by atoms with van der Waals surface area (Å²) in [6, 6.07) is 0. The minimum atomic E-state index is -3.24. The molecule has 0 aromatic carbocycles. The van der Waals surface area contributed by atoms with Crippen LogP contribution in [-0.2, 0) is 10.0 Å². The standard InChI is InChI=1S/C7H11N3O2S/c1-2-13(11,12)10-5-8-7(9-10)6-3-4-6/h5-6H,2-4H2,1H3. The predicted molar refractivity (Wildman–Crippen MR) is 46.9 cm³/mol. The Hall–Kier alpha value is -0.910. The van der Waals surface area contributed by atoms with Crippen LogP contribution in [0.1, 0.15) is 31.5 Å². The van der Waals surface area contributed by atoms with Crippen LogP contribution >= 0.6 is 0 Å². The Labute approximate surface area is 76.8 Å². The van der Waals surface area contributed by atoms with Gasteiger partial charge in [-0.2, -0.15) is 0 Å². The van der Waals surface area contributed by atoms with Gasteiger partial charge < -0.3 is 0 Å². The fraction of sp³-hybridized carbons (Fsp3) is 0.714. The van der Waals surface area contributed by atoms with E-state index in [0.29, 0.717) is 11.7 Å². The van der Waals surface area contributed by atoms with Gasteiger partial charge in [0.2, 0.25) is 0 Å². The Morgan fingerprint density at radius 2 is 2.31 bits per heavy atom. The highest BCUT2D eigenvalue weighted by atomic mass is 32.2. The molecule has 0 spiro atoms. The van der Waals surface area contributed by atoms with Crippen molar-refractivity contribution in [1.82, 2.24) is 14.2 Å². The second kappa shape index (κ2) is 2.80. The molecule has 5 nitrogen and oxygen atoms in total. The summed E-state index contributed by atoms with van der Waals surface area (Å²) < 4.78 is 23.6. The van der Waals surface area contributed by atoms with Gasteiger partial charge in [-0.3, -0.25) is 0 Å². The quantitative estimate of drug-likeness (QED) is 0.708. The first kappa shape index (κ1) is 8.68. The Morgan fingerprint density at radius 3 is 2.85 bits per heavy atom. The maximum atomic E-state index is 11.3. The van der Waals surface area contributed by atoms with Crippen LogP contribution < -0.4 is 0 Å². The molecular formula is C7H11N3O2S. The first-order valence-corrected chi connectivity index (χ1v) is 5.89. The average Bonchev–Trinajstić information content (AvgIpc) is 2.83. The van der Waals surface area contributed by atoms with Crippen molar-refractivity contribution < 1.29 is 8.42 Å². The van der Waals surface area contributed by atoms with Gasteiger partial charge in [0.15, 0.2) is 5.82 Å². The summed E-state index contributed by atoms with van der Waals surface area (Å²) in [6.07, 6.45) is 3.44. The average molecular weight is 201 g/mol. The molecule has 1 heterocycles. The topological polar surface area (TPSA) is 64.8 Å². The maximum absolute atomic E-state index is 11.3. The molecule has 0 radical (unpaired) electrons. The smallest absolute Gasteiger partial charge is 0.218 e. The summed E-state index contributed by atoms with van der Waals surface area (Å²) in [5.41, 5.74) is 0. The fourth-order valence-corrected chi connectivity index (χ4v) is 1.72. The van der Waals surface area contributed by atoms with Gasteiger partial charge in [0.1, 0.15) is 6.33 Å². The van der Waals surface area contributed by atoms with Gasteiger partial charge in [-0.15, -0.1) is 9.19 Å². The SMILES string of the molecule is CCS(=O)(=O)n1cnc(C2CC2)n1. The van der Waals surface area contributed by atoms with Crippen molar-refractivity contribution in [3.05, 3.63) is 12.2 Å². The molecule has 72 valence electrons. The molecule has 0 unspecified atom stereocenters. The summed E-state index contributed by atoms with van der Waals surface area (Å²) in [4.78, 5) is 3.97. The Bertz CT molecular complexity index is 405. The van der Waals surface area contributed by atoms with Gasteiger partial charge >= 0.3 is 0 Å². The van der Waals surface area contributed by atoms with Crippen molar-refractivity contribution in [2.24, 2.45) is 0 Å². The molecule has 1 aromatic rings. The molecule has 0 N–H and O–H groups in total. The molecule has 6 heteroatoms. The molecule has 0 atom stereocenters. The second-order valence-corrected chi connectivity index (χ2v) is 5.27. The highest BCUT2D eigenvalue weighted by molar-refractivity contribution is 7.89. The van der Waals surface area contributed by atoms with Crippen LogP contribution in [0, 0.1) is 0 Å². The number of hydrogen-bond acceptors (Lipinski definition) is 4. The summed E-state index contributed by atoms with van der Waals surface area (Å²) in [5, 5.41) is 3.93. The van der Waals surface area contributed by atoms with E-state index in [1.165, 1.54) is 6.33 Å². The number of nitrogens with zero attached hydrogens (tertiary/aromatic N) is 3. The zero-order valence-electron chi connectivity index (χ0n) is 7.34. The summed E-state index contributed by atoms with van der Waals surface area (Å²) >= 11 is 0. The van der Waals surface area contributed by atoms with E-state index in [9.17, 15) is 8.42 Å². The zero-order chi connectivity index (χ0) is 9.47. The van der Waals surface area contributed by atoms with Crippen molar-refractivity contribution in [2.75, 3.05) is 5.75 Å². The maximum Gasteiger partial charge on any atom is 0.254 e. The molecule has 1 aromatic heterocycles. The fourth-order valence-electron chi connectivity index (χ4n) is 1.06. The van der Waals surface area contributed by atoms with Crippen molar-refractivity contribution >= 4 is 10.0 Å². The van der Waals surface area contributed by atoms with Gasteiger partial charge in [0.25, 0.3) is 10.0 Å². The van der Waals surface area contributed by atoms with E-state index >= 15 is 0 Å². The van der Waals surface area contributed by atoms with Crippen molar-refractivity contribution in [3.8, 4) is 0 Å². The molecule has 13 heavy (non-hydrogen) atoms. The molecule has 1 fully saturated rings.